The average Bonchev–Trinajstić information content (AvgIpc) is 2.56. The van der Waals surface area contributed by atoms with Crippen molar-refractivity contribution in [2.24, 2.45) is 0 Å². The molecule has 14 heavy (non-hydrogen) atoms. The molecule has 1 heterocycles. The predicted molar refractivity (Wildman–Crippen MR) is 48.3 cm³/mol. The van der Waals surface area contributed by atoms with Gasteiger partial charge >= 0.3 is 6.16 Å². The third-order valence-electron chi connectivity index (χ3n) is 1.65. The highest BCUT2D eigenvalue weighted by atomic mass is 35.5. The first-order chi connectivity index (χ1) is 6.74. The van der Waals surface area contributed by atoms with E-state index in [-0.39, 0.29) is 6.61 Å². The molecule has 0 radical (unpaired) electrons. The third kappa shape index (κ3) is 2.09. The van der Waals surface area contributed by atoms with Crippen molar-refractivity contribution in [1.29, 1.82) is 0 Å². The summed E-state index contributed by atoms with van der Waals surface area (Å²) in [5.41, 5.74) is 0. The normalized spacial score (nSPS) is 20.1. The van der Waals surface area contributed by atoms with Crippen molar-refractivity contribution in [2.45, 2.75) is 6.29 Å². The first-order valence-corrected chi connectivity index (χ1v) is 4.37. The lowest BCUT2D eigenvalue weighted by Gasteiger charge is -2.09. The minimum Gasteiger partial charge on any atom is -0.451 e. The Bertz CT molecular complexity index is 335. The second-order valence-electron chi connectivity index (χ2n) is 2.68. The van der Waals surface area contributed by atoms with Gasteiger partial charge in [-0.15, -0.1) is 0 Å². The standard InChI is InChI=1S/C9H7ClO4/c10-6-1-3-7(4-2-6)13-8-5-12-9(11)14-8/h1-4,8H,5H2. The van der Waals surface area contributed by atoms with Crippen molar-refractivity contribution in [3.63, 3.8) is 0 Å². The van der Waals surface area contributed by atoms with Gasteiger partial charge in [0.05, 0.1) is 0 Å². The highest BCUT2D eigenvalue weighted by Gasteiger charge is 2.26. The Hall–Kier alpha value is -1.42. The maximum absolute atomic E-state index is 10.6. The number of halogens is 1. The van der Waals surface area contributed by atoms with Gasteiger partial charge in [-0.3, -0.25) is 0 Å². The largest absolute Gasteiger partial charge is 0.511 e. The van der Waals surface area contributed by atoms with Crippen molar-refractivity contribution in [2.75, 3.05) is 6.61 Å². The van der Waals surface area contributed by atoms with Gasteiger partial charge in [-0.1, -0.05) is 11.6 Å². The molecule has 0 N–H and O–H groups in total. The summed E-state index contributed by atoms with van der Waals surface area (Å²) in [5.74, 6) is 0.581. The molecule has 0 saturated carbocycles. The van der Waals surface area contributed by atoms with E-state index >= 15 is 0 Å². The van der Waals surface area contributed by atoms with E-state index in [4.69, 9.17) is 16.3 Å². The van der Waals surface area contributed by atoms with E-state index in [1.165, 1.54) is 0 Å². The Morgan fingerprint density at radius 1 is 1.36 bits per heavy atom. The van der Waals surface area contributed by atoms with Crippen molar-refractivity contribution >= 4 is 17.8 Å². The van der Waals surface area contributed by atoms with Gasteiger partial charge in [-0.05, 0) is 24.3 Å². The third-order valence-corrected chi connectivity index (χ3v) is 1.90. The van der Waals surface area contributed by atoms with Gasteiger partial charge in [0.25, 0.3) is 6.29 Å². The van der Waals surface area contributed by atoms with Crippen LogP contribution in [0.15, 0.2) is 24.3 Å². The number of rotatable bonds is 2. The van der Waals surface area contributed by atoms with Crippen molar-refractivity contribution in [3.05, 3.63) is 29.3 Å². The van der Waals surface area contributed by atoms with Crippen molar-refractivity contribution in [1.82, 2.24) is 0 Å². The van der Waals surface area contributed by atoms with Crippen LogP contribution in [0.3, 0.4) is 0 Å². The van der Waals surface area contributed by atoms with Gasteiger partial charge in [-0.2, -0.15) is 0 Å². The SMILES string of the molecule is O=C1OCC(Oc2ccc(Cl)cc2)O1. The van der Waals surface area contributed by atoms with Crippen LogP contribution in [0.5, 0.6) is 5.75 Å². The smallest absolute Gasteiger partial charge is 0.451 e. The Morgan fingerprint density at radius 3 is 2.64 bits per heavy atom. The quantitative estimate of drug-likeness (QED) is 0.708. The molecule has 1 fully saturated rings. The highest BCUT2D eigenvalue weighted by molar-refractivity contribution is 6.30. The fourth-order valence-corrected chi connectivity index (χ4v) is 1.16. The second-order valence-corrected chi connectivity index (χ2v) is 3.12. The summed E-state index contributed by atoms with van der Waals surface area (Å²) in [5, 5.41) is 0.622. The molecule has 1 atom stereocenters. The molecule has 1 aromatic carbocycles. The van der Waals surface area contributed by atoms with Crippen LogP contribution < -0.4 is 4.74 Å². The minimum absolute atomic E-state index is 0.113. The molecule has 0 aromatic heterocycles. The Balaban J connectivity index is 1.97. The van der Waals surface area contributed by atoms with E-state index in [9.17, 15) is 4.79 Å². The fraction of sp³-hybridized carbons (Fsp3) is 0.222. The van der Waals surface area contributed by atoms with Crippen LogP contribution in [0.25, 0.3) is 0 Å². The zero-order chi connectivity index (χ0) is 9.97. The number of carbonyl (C=O) groups is 1. The van der Waals surface area contributed by atoms with E-state index in [0.29, 0.717) is 10.8 Å². The van der Waals surface area contributed by atoms with Crippen molar-refractivity contribution in [3.8, 4) is 5.75 Å². The van der Waals surface area contributed by atoms with Crippen LogP contribution >= 0.6 is 11.6 Å². The second kappa shape index (κ2) is 3.75. The van der Waals surface area contributed by atoms with Crippen LogP contribution in [0.4, 0.5) is 4.79 Å². The van der Waals surface area contributed by atoms with Gasteiger partial charge < -0.3 is 14.2 Å². The monoisotopic (exact) mass is 214 g/mol. The first kappa shape index (κ1) is 9.15. The van der Waals surface area contributed by atoms with Gasteiger partial charge in [0.1, 0.15) is 5.75 Å². The van der Waals surface area contributed by atoms with E-state index in [2.05, 4.69) is 9.47 Å². The highest BCUT2D eigenvalue weighted by Crippen LogP contribution is 2.18. The number of hydrogen-bond acceptors (Lipinski definition) is 4. The molecule has 0 spiro atoms. The lowest BCUT2D eigenvalue weighted by atomic mass is 10.3. The summed E-state index contributed by atoms with van der Waals surface area (Å²) in [6, 6.07) is 6.76. The summed E-state index contributed by atoms with van der Waals surface area (Å²) in [4.78, 5) is 10.6. The topological polar surface area (TPSA) is 44.8 Å². The summed E-state index contributed by atoms with van der Waals surface area (Å²) < 4.78 is 14.5. The number of ether oxygens (including phenoxy) is 3. The van der Waals surface area contributed by atoms with Crippen LogP contribution in [0.1, 0.15) is 0 Å². The van der Waals surface area contributed by atoms with Gasteiger partial charge in [0.2, 0.25) is 0 Å². The molecular weight excluding hydrogens is 208 g/mol. The molecule has 5 heteroatoms. The molecule has 1 unspecified atom stereocenters. The zero-order valence-corrected chi connectivity index (χ0v) is 7.86. The van der Waals surface area contributed by atoms with Crippen LogP contribution in [0.2, 0.25) is 5.02 Å². The molecule has 0 aliphatic carbocycles. The molecule has 1 aromatic rings. The van der Waals surface area contributed by atoms with E-state index in [0.717, 1.165) is 0 Å². The van der Waals surface area contributed by atoms with Crippen molar-refractivity contribution < 1.29 is 19.0 Å². The lowest BCUT2D eigenvalue weighted by Crippen LogP contribution is -2.18. The molecule has 1 aliphatic heterocycles. The number of hydrogen-bond donors (Lipinski definition) is 0. The maximum Gasteiger partial charge on any atom is 0.511 e. The fourth-order valence-electron chi connectivity index (χ4n) is 1.03. The predicted octanol–water partition coefficient (Wildman–Crippen LogP) is 2.21. The summed E-state index contributed by atoms with van der Waals surface area (Å²) in [7, 11) is 0. The Morgan fingerprint density at radius 2 is 2.07 bits per heavy atom. The molecule has 2 rings (SSSR count). The van der Waals surface area contributed by atoms with Gasteiger partial charge in [0, 0.05) is 5.02 Å². The summed E-state index contributed by atoms with van der Waals surface area (Å²) >= 11 is 5.69. The van der Waals surface area contributed by atoms with Gasteiger partial charge in [0.15, 0.2) is 6.61 Å². The average molecular weight is 215 g/mol. The zero-order valence-electron chi connectivity index (χ0n) is 7.10. The van der Waals surface area contributed by atoms with Crippen LogP contribution in [-0.4, -0.2) is 19.1 Å². The molecule has 74 valence electrons. The van der Waals surface area contributed by atoms with E-state index in [1.807, 2.05) is 0 Å². The minimum atomic E-state index is -0.705. The first-order valence-electron chi connectivity index (χ1n) is 4.00. The summed E-state index contributed by atoms with van der Waals surface area (Å²) in [6.45, 7) is 0.113. The van der Waals surface area contributed by atoms with Crippen LogP contribution in [0, 0.1) is 0 Å². The molecule has 1 aliphatic rings. The number of benzene rings is 1. The number of cyclic esters (lactones) is 2. The molecule has 1 saturated heterocycles. The Kier molecular flexibility index (Phi) is 2.45. The van der Waals surface area contributed by atoms with Gasteiger partial charge in [-0.25, -0.2) is 4.79 Å². The maximum atomic E-state index is 10.6. The molecule has 4 nitrogen and oxygen atoms in total. The number of carbonyl (C=O) groups excluding carboxylic acids is 1. The van der Waals surface area contributed by atoms with Crippen LogP contribution in [-0.2, 0) is 9.47 Å². The van der Waals surface area contributed by atoms with E-state index in [1.54, 1.807) is 24.3 Å². The van der Waals surface area contributed by atoms with E-state index < -0.39 is 12.4 Å². The molecule has 0 amide bonds. The molecule has 0 bridgehead atoms. The molecular formula is C9H7ClO4. The lowest BCUT2D eigenvalue weighted by molar-refractivity contribution is 0.00501. The Labute approximate surface area is 85.3 Å². The summed E-state index contributed by atoms with van der Waals surface area (Å²) in [6.07, 6.45) is -1.37.